The van der Waals surface area contributed by atoms with E-state index in [9.17, 15) is 0 Å². The number of ether oxygens (including phenoxy) is 2. The van der Waals surface area contributed by atoms with Gasteiger partial charge in [0.2, 0.25) is 17.8 Å². The van der Waals surface area contributed by atoms with E-state index in [4.69, 9.17) is 21.1 Å². The number of hydrazone groups is 1. The maximum atomic E-state index is 6.31. The molecule has 2 N–H and O–H groups in total. The summed E-state index contributed by atoms with van der Waals surface area (Å²) in [6.45, 7) is 4.56. The maximum Gasteiger partial charge on any atom is 0.250 e. The van der Waals surface area contributed by atoms with Crippen LogP contribution in [0.2, 0.25) is 5.02 Å². The zero-order valence-electron chi connectivity index (χ0n) is 18.2. The molecule has 0 bridgehead atoms. The van der Waals surface area contributed by atoms with E-state index in [1.165, 1.54) is 0 Å². The number of benzene rings is 2. The fourth-order valence-corrected chi connectivity index (χ4v) is 3.81. The first-order chi connectivity index (χ1) is 16.0. The summed E-state index contributed by atoms with van der Waals surface area (Å²) in [6, 6.07) is 11.3. The highest BCUT2D eigenvalue weighted by Crippen LogP contribution is 2.31. The highest BCUT2D eigenvalue weighted by atomic mass is 79.9. The van der Waals surface area contributed by atoms with Crippen LogP contribution in [0.3, 0.4) is 0 Å². The van der Waals surface area contributed by atoms with E-state index < -0.39 is 0 Å². The fourth-order valence-electron chi connectivity index (χ4n) is 3.09. The predicted molar refractivity (Wildman–Crippen MR) is 134 cm³/mol. The Balaban J connectivity index is 1.58. The number of hydrogen-bond donors (Lipinski definition) is 2. The molecule has 0 amide bonds. The molecule has 0 aliphatic carbocycles. The first-order valence-electron chi connectivity index (χ1n) is 10.3. The molecule has 1 saturated heterocycles. The van der Waals surface area contributed by atoms with Gasteiger partial charge >= 0.3 is 0 Å². The van der Waals surface area contributed by atoms with E-state index in [1.54, 1.807) is 13.3 Å². The normalized spacial score (nSPS) is 13.9. The number of nitrogens with zero attached hydrogens (tertiary/aromatic N) is 5. The van der Waals surface area contributed by atoms with Crippen molar-refractivity contribution in [2.75, 3.05) is 49.1 Å². The van der Waals surface area contributed by atoms with Crippen LogP contribution in [0.1, 0.15) is 11.1 Å². The van der Waals surface area contributed by atoms with Gasteiger partial charge in [-0.15, -0.1) is 0 Å². The van der Waals surface area contributed by atoms with E-state index in [0.29, 0.717) is 49.2 Å². The van der Waals surface area contributed by atoms with Gasteiger partial charge in [0.15, 0.2) is 0 Å². The maximum absolute atomic E-state index is 6.31. The Hall–Kier alpha value is -2.95. The Bertz CT molecular complexity index is 1140. The number of hydrogen-bond acceptors (Lipinski definition) is 9. The first kappa shape index (κ1) is 23.2. The number of halogens is 2. The molecule has 11 heteroatoms. The van der Waals surface area contributed by atoms with Gasteiger partial charge in [-0.2, -0.15) is 20.1 Å². The summed E-state index contributed by atoms with van der Waals surface area (Å²) in [5.41, 5.74) is 5.52. The fraction of sp³-hybridized carbons (Fsp3) is 0.273. The van der Waals surface area contributed by atoms with Crippen molar-refractivity contribution >= 4 is 57.3 Å². The molecule has 9 nitrogen and oxygen atoms in total. The summed E-state index contributed by atoms with van der Waals surface area (Å²) in [5, 5.41) is 8.14. The molecule has 1 aliphatic heterocycles. The summed E-state index contributed by atoms with van der Waals surface area (Å²) in [6.07, 6.45) is 1.68. The molecule has 2 heterocycles. The van der Waals surface area contributed by atoms with Gasteiger partial charge < -0.3 is 19.7 Å². The first-order valence-corrected chi connectivity index (χ1v) is 11.4. The van der Waals surface area contributed by atoms with Gasteiger partial charge in [-0.3, -0.25) is 0 Å². The van der Waals surface area contributed by atoms with Crippen molar-refractivity contribution in [1.82, 2.24) is 15.0 Å². The molecule has 3 aromatic rings. The van der Waals surface area contributed by atoms with Crippen molar-refractivity contribution in [2.24, 2.45) is 5.10 Å². The van der Waals surface area contributed by atoms with Crippen molar-refractivity contribution in [3.05, 3.63) is 57.0 Å². The Labute approximate surface area is 205 Å². The Morgan fingerprint density at radius 3 is 2.58 bits per heavy atom. The Morgan fingerprint density at radius 2 is 1.85 bits per heavy atom. The van der Waals surface area contributed by atoms with Gasteiger partial charge in [-0.05, 0) is 70.4 Å². The SMILES string of the molecule is COc1ccc(/C=N/Nc2nc(Nc3cc(Cl)c(C)cc3Br)nc(N3CCOCC3)n2)cc1. The summed E-state index contributed by atoms with van der Waals surface area (Å²) >= 11 is 9.87. The quantitative estimate of drug-likeness (QED) is 0.336. The van der Waals surface area contributed by atoms with Gasteiger partial charge in [-0.1, -0.05) is 11.6 Å². The van der Waals surface area contributed by atoms with Crippen LogP contribution in [-0.4, -0.2) is 54.6 Å². The molecular formula is C22H23BrClN7O2. The van der Waals surface area contributed by atoms with E-state index in [-0.39, 0.29) is 0 Å². The molecule has 0 saturated carbocycles. The zero-order valence-corrected chi connectivity index (χ0v) is 20.5. The van der Waals surface area contributed by atoms with Crippen LogP contribution < -0.4 is 20.4 Å². The highest BCUT2D eigenvalue weighted by molar-refractivity contribution is 9.10. The van der Waals surface area contributed by atoms with Crippen molar-refractivity contribution < 1.29 is 9.47 Å². The summed E-state index contributed by atoms with van der Waals surface area (Å²) in [5.74, 6) is 2.00. The van der Waals surface area contributed by atoms with Gasteiger partial charge in [0.1, 0.15) is 5.75 Å². The second-order valence-electron chi connectivity index (χ2n) is 7.23. The lowest BCUT2D eigenvalue weighted by Gasteiger charge is -2.27. The lowest BCUT2D eigenvalue weighted by atomic mass is 10.2. The average Bonchev–Trinajstić information content (AvgIpc) is 2.83. The highest BCUT2D eigenvalue weighted by Gasteiger charge is 2.17. The van der Waals surface area contributed by atoms with Gasteiger partial charge in [0.05, 0.1) is 32.2 Å². The van der Waals surface area contributed by atoms with E-state index in [1.807, 2.05) is 48.2 Å². The minimum atomic E-state index is 0.313. The van der Waals surface area contributed by atoms with E-state index in [2.05, 4.69) is 46.7 Å². The lowest BCUT2D eigenvalue weighted by molar-refractivity contribution is 0.122. The van der Waals surface area contributed by atoms with Crippen molar-refractivity contribution in [3.8, 4) is 5.75 Å². The Kier molecular flexibility index (Phi) is 7.58. The van der Waals surface area contributed by atoms with Crippen LogP contribution in [0.15, 0.2) is 46.0 Å². The topological polar surface area (TPSA) is 96.8 Å². The van der Waals surface area contributed by atoms with Crippen LogP contribution >= 0.6 is 27.5 Å². The van der Waals surface area contributed by atoms with E-state index >= 15 is 0 Å². The van der Waals surface area contributed by atoms with Crippen LogP contribution in [0, 0.1) is 6.92 Å². The van der Waals surface area contributed by atoms with Crippen molar-refractivity contribution in [2.45, 2.75) is 6.92 Å². The third kappa shape index (κ3) is 6.10. The van der Waals surface area contributed by atoms with Crippen molar-refractivity contribution in [3.63, 3.8) is 0 Å². The molecule has 0 atom stereocenters. The average molecular weight is 533 g/mol. The molecule has 2 aromatic carbocycles. The van der Waals surface area contributed by atoms with Crippen LogP contribution in [0.4, 0.5) is 23.5 Å². The molecule has 172 valence electrons. The molecule has 0 radical (unpaired) electrons. The molecule has 0 spiro atoms. The number of rotatable bonds is 7. The molecule has 4 rings (SSSR count). The standard InChI is InChI=1S/C22H23BrClN7O2/c1-14-11-17(23)19(12-18(14)24)26-20-27-21(29-22(28-20)31-7-9-33-10-8-31)30-25-13-15-3-5-16(32-2)6-4-15/h3-6,11-13H,7-10H2,1-2H3,(H2,26,27,28,29,30)/b25-13+. The summed E-state index contributed by atoms with van der Waals surface area (Å²) in [7, 11) is 1.63. The van der Waals surface area contributed by atoms with Gasteiger partial charge in [0, 0.05) is 22.6 Å². The monoisotopic (exact) mass is 531 g/mol. The molecule has 33 heavy (non-hydrogen) atoms. The molecular weight excluding hydrogens is 510 g/mol. The number of aryl methyl sites for hydroxylation is 1. The second-order valence-corrected chi connectivity index (χ2v) is 8.49. The predicted octanol–water partition coefficient (Wildman–Crippen LogP) is 4.63. The largest absolute Gasteiger partial charge is 0.497 e. The van der Waals surface area contributed by atoms with Crippen LogP contribution in [0.5, 0.6) is 5.75 Å². The number of nitrogens with one attached hydrogen (secondary N) is 2. The molecule has 1 aromatic heterocycles. The van der Waals surface area contributed by atoms with Gasteiger partial charge in [0.25, 0.3) is 0 Å². The third-order valence-corrected chi connectivity index (χ3v) is 5.97. The molecule has 0 unspecified atom stereocenters. The Morgan fingerprint density at radius 1 is 1.12 bits per heavy atom. The van der Waals surface area contributed by atoms with Gasteiger partial charge in [-0.25, -0.2) is 5.43 Å². The van der Waals surface area contributed by atoms with Crippen molar-refractivity contribution in [1.29, 1.82) is 0 Å². The zero-order chi connectivity index (χ0) is 23.2. The number of morpholine rings is 1. The third-order valence-electron chi connectivity index (χ3n) is 4.91. The van der Waals surface area contributed by atoms with Crippen LogP contribution in [0.25, 0.3) is 0 Å². The summed E-state index contributed by atoms with van der Waals surface area (Å²) in [4.78, 5) is 15.7. The molecule has 1 fully saturated rings. The minimum Gasteiger partial charge on any atom is -0.497 e. The smallest absolute Gasteiger partial charge is 0.250 e. The lowest BCUT2D eigenvalue weighted by Crippen LogP contribution is -2.37. The van der Waals surface area contributed by atoms with E-state index in [0.717, 1.165) is 27.0 Å². The minimum absolute atomic E-state index is 0.313. The number of aromatic nitrogens is 3. The summed E-state index contributed by atoms with van der Waals surface area (Å²) < 4.78 is 11.5. The van der Waals surface area contributed by atoms with Crippen LogP contribution in [-0.2, 0) is 4.74 Å². The second kappa shape index (κ2) is 10.8. The number of anilines is 4. The number of methoxy groups -OCH3 is 1. The molecule has 1 aliphatic rings.